The first-order valence-electron chi connectivity index (χ1n) is 7.76. The van der Waals surface area contributed by atoms with Crippen molar-refractivity contribution in [3.63, 3.8) is 0 Å². The quantitative estimate of drug-likeness (QED) is 0.830. The van der Waals surface area contributed by atoms with Gasteiger partial charge in [0.1, 0.15) is 18.2 Å². The largest absolute Gasteiger partial charge is 0.378 e. The van der Waals surface area contributed by atoms with Crippen molar-refractivity contribution in [3.8, 4) is 0 Å². The van der Waals surface area contributed by atoms with Gasteiger partial charge in [0.2, 0.25) is 0 Å². The van der Waals surface area contributed by atoms with E-state index in [2.05, 4.69) is 27.1 Å². The van der Waals surface area contributed by atoms with Gasteiger partial charge in [-0.3, -0.25) is 0 Å². The van der Waals surface area contributed by atoms with E-state index in [1.165, 1.54) is 0 Å². The van der Waals surface area contributed by atoms with Crippen molar-refractivity contribution in [2.45, 2.75) is 39.4 Å². The Labute approximate surface area is 126 Å². The second-order valence-electron chi connectivity index (χ2n) is 5.06. The van der Waals surface area contributed by atoms with Gasteiger partial charge in [0, 0.05) is 39.4 Å². The molecule has 0 radical (unpaired) electrons. The summed E-state index contributed by atoms with van der Waals surface area (Å²) in [4.78, 5) is 11.4. The molecule has 1 aromatic heterocycles. The smallest absolute Gasteiger partial charge is 0.158 e. The molecule has 0 bridgehead atoms. The first-order chi connectivity index (χ1) is 10.3. The predicted molar refractivity (Wildman–Crippen MR) is 83.8 cm³/mol. The van der Waals surface area contributed by atoms with Crippen LogP contribution in [0.15, 0.2) is 6.07 Å². The number of ether oxygens (including phenoxy) is 2. The maximum Gasteiger partial charge on any atom is 0.158 e. The van der Waals surface area contributed by atoms with E-state index in [1.54, 1.807) is 0 Å². The van der Waals surface area contributed by atoms with Crippen LogP contribution < -0.4 is 10.2 Å². The molecular formula is C15H26N4O2. The van der Waals surface area contributed by atoms with E-state index in [0.717, 1.165) is 50.0 Å². The Morgan fingerprint density at radius 1 is 1.24 bits per heavy atom. The third-order valence-electron chi connectivity index (χ3n) is 3.62. The van der Waals surface area contributed by atoms with Gasteiger partial charge in [-0.2, -0.15) is 0 Å². The van der Waals surface area contributed by atoms with Crippen LogP contribution in [-0.4, -0.2) is 49.4 Å². The van der Waals surface area contributed by atoms with Crippen molar-refractivity contribution >= 4 is 11.6 Å². The molecule has 2 heterocycles. The van der Waals surface area contributed by atoms with Crippen LogP contribution in [0.2, 0.25) is 0 Å². The molecule has 1 fully saturated rings. The van der Waals surface area contributed by atoms with Gasteiger partial charge < -0.3 is 19.7 Å². The molecule has 118 valence electrons. The third-order valence-corrected chi connectivity index (χ3v) is 3.62. The molecule has 0 saturated carbocycles. The Balaban J connectivity index is 2.04. The highest BCUT2D eigenvalue weighted by atomic mass is 16.5. The van der Waals surface area contributed by atoms with Crippen molar-refractivity contribution in [2.24, 2.45) is 0 Å². The molecule has 1 aliphatic heterocycles. The SMILES string of the molecule is CCOCc1nc(NC)cc(N2CCC(OCC)CC2)n1. The number of nitrogens with one attached hydrogen (secondary N) is 1. The minimum absolute atomic E-state index is 0.389. The highest BCUT2D eigenvalue weighted by molar-refractivity contribution is 5.49. The minimum Gasteiger partial charge on any atom is -0.378 e. The van der Waals surface area contributed by atoms with Gasteiger partial charge in [-0.25, -0.2) is 9.97 Å². The van der Waals surface area contributed by atoms with Gasteiger partial charge in [-0.15, -0.1) is 0 Å². The summed E-state index contributed by atoms with van der Waals surface area (Å²) >= 11 is 0. The number of hydrogen-bond acceptors (Lipinski definition) is 6. The summed E-state index contributed by atoms with van der Waals surface area (Å²) < 4.78 is 11.1. The molecule has 1 N–H and O–H groups in total. The number of piperidine rings is 1. The zero-order valence-corrected chi connectivity index (χ0v) is 13.3. The molecule has 1 aliphatic rings. The van der Waals surface area contributed by atoms with Gasteiger partial charge in [0.05, 0.1) is 6.10 Å². The Kier molecular flexibility index (Phi) is 6.20. The Hall–Kier alpha value is -1.40. The monoisotopic (exact) mass is 294 g/mol. The molecule has 0 aromatic carbocycles. The van der Waals surface area contributed by atoms with Gasteiger partial charge in [-0.05, 0) is 26.7 Å². The highest BCUT2D eigenvalue weighted by Gasteiger charge is 2.21. The normalized spacial score (nSPS) is 16.2. The fourth-order valence-corrected chi connectivity index (χ4v) is 2.52. The predicted octanol–water partition coefficient (Wildman–Crippen LogP) is 2.06. The lowest BCUT2D eigenvalue weighted by atomic mass is 10.1. The standard InChI is InChI=1S/C15H26N4O2/c1-4-20-11-14-17-13(16-3)10-15(18-14)19-8-6-12(7-9-19)21-5-2/h10,12H,4-9,11H2,1-3H3,(H,16,17,18). The van der Waals surface area contributed by atoms with Crippen molar-refractivity contribution in [1.82, 2.24) is 9.97 Å². The average molecular weight is 294 g/mol. The van der Waals surface area contributed by atoms with Crippen LogP contribution in [0.4, 0.5) is 11.6 Å². The van der Waals surface area contributed by atoms with Crippen molar-refractivity contribution in [3.05, 3.63) is 11.9 Å². The summed E-state index contributed by atoms with van der Waals surface area (Å²) in [6.45, 7) is 7.88. The summed E-state index contributed by atoms with van der Waals surface area (Å²) in [6, 6.07) is 2.00. The molecule has 0 unspecified atom stereocenters. The van der Waals surface area contributed by atoms with E-state index in [1.807, 2.05) is 20.0 Å². The Morgan fingerprint density at radius 2 is 2.00 bits per heavy atom. The third kappa shape index (κ3) is 4.54. The number of rotatable bonds is 7. The maximum atomic E-state index is 5.70. The van der Waals surface area contributed by atoms with Gasteiger partial charge >= 0.3 is 0 Å². The van der Waals surface area contributed by atoms with Crippen molar-refractivity contribution in [2.75, 3.05) is 43.6 Å². The molecule has 0 atom stereocenters. The maximum absolute atomic E-state index is 5.70. The van der Waals surface area contributed by atoms with E-state index < -0.39 is 0 Å². The van der Waals surface area contributed by atoms with Crippen LogP contribution in [-0.2, 0) is 16.1 Å². The topological polar surface area (TPSA) is 59.5 Å². The minimum atomic E-state index is 0.389. The van der Waals surface area contributed by atoms with Gasteiger partial charge in [0.15, 0.2) is 5.82 Å². The first-order valence-corrected chi connectivity index (χ1v) is 7.76. The van der Waals surface area contributed by atoms with Crippen LogP contribution in [0, 0.1) is 0 Å². The van der Waals surface area contributed by atoms with E-state index in [-0.39, 0.29) is 0 Å². The van der Waals surface area contributed by atoms with Crippen LogP contribution in [0.3, 0.4) is 0 Å². The summed E-state index contributed by atoms with van der Waals surface area (Å²) in [5, 5.41) is 3.09. The molecular weight excluding hydrogens is 268 g/mol. The average Bonchev–Trinajstić information content (AvgIpc) is 2.53. The molecule has 2 rings (SSSR count). The lowest BCUT2D eigenvalue weighted by Gasteiger charge is -2.32. The second-order valence-corrected chi connectivity index (χ2v) is 5.06. The molecule has 6 heteroatoms. The van der Waals surface area contributed by atoms with Crippen LogP contribution >= 0.6 is 0 Å². The number of anilines is 2. The Morgan fingerprint density at radius 3 is 2.62 bits per heavy atom. The summed E-state index contributed by atoms with van der Waals surface area (Å²) in [5.74, 6) is 2.53. The van der Waals surface area contributed by atoms with Gasteiger partial charge in [0.25, 0.3) is 0 Å². The zero-order valence-electron chi connectivity index (χ0n) is 13.3. The summed E-state index contributed by atoms with van der Waals surface area (Å²) in [6.07, 6.45) is 2.49. The molecule has 21 heavy (non-hydrogen) atoms. The van der Waals surface area contributed by atoms with E-state index in [0.29, 0.717) is 19.3 Å². The Bertz CT molecular complexity index is 434. The molecule has 6 nitrogen and oxygen atoms in total. The van der Waals surface area contributed by atoms with E-state index >= 15 is 0 Å². The number of hydrogen-bond donors (Lipinski definition) is 1. The summed E-state index contributed by atoms with van der Waals surface area (Å²) in [5.41, 5.74) is 0. The molecule has 0 aliphatic carbocycles. The van der Waals surface area contributed by atoms with E-state index in [4.69, 9.17) is 9.47 Å². The lowest BCUT2D eigenvalue weighted by molar-refractivity contribution is 0.0458. The molecule has 0 spiro atoms. The fourth-order valence-electron chi connectivity index (χ4n) is 2.52. The first kappa shape index (κ1) is 16.0. The molecule has 1 saturated heterocycles. The zero-order chi connectivity index (χ0) is 15.1. The van der Waals surface area contributed by atoms with Crippen LogP contribution in [0.5, 0.6) is 0 Å². The number of aromatic nitrogens is 2. The van der Waals surface area contributed by atoms with Crippen LogP contribution in [0.25, 0.3) is 0 Å². The number of nitrogens with zero attached hydrogens (tertiary/aromatic N) is 3. The molecule has 1 aromatic rings. The fraction of sp³-hybridized carbons (Fsp3) is 0.733. The second kappa shape index (κ2) is 8.14. The summed E-state index contributed by atoms with van der Waals surface area (Å²) in [7, 11) is 1.87. The lowest BCUT2D eigenvalue weighted by Crippen LogP contribution is -2.37. The van der Waals surface area contributed by atoms with Crippen LogP contribution in [0.1, 0.15) is 32.5 Å². The van der Waals surface area contributed by atoms with E-state index in [9.17, 15) is 0 Å². The van der Waals surface area contributed by atoms with Gasteiger partial charge in [-0.1, -0.05) is 0 Å². The molecule has 0 amide bonds. The van der Waals surface area contributed by atoms with Crippen molar-refractivity contribution < 1.29 is 9.47 Å². The van der Waals surface area contributed by atoms with Crippen molar-refractivity contribution in [1.29, 1.82) is 0 Å². The highest BCUT2D eigenvalue weighted by Crippen LogP contribution is 2.22.